The molecule has 0 aliphatic carbocycles. The number of aryl methyl sites for hydroxylation is 2. The number of carbonyl (C=O) groups excluding carboxylic acids is 1. The van der Waals surface area contributed by atoms with Gasteiger partial charge in [0.2, 0.25) is 5.88 Å². The van der Waals surface area contributed by atoms with E-state index in [0.717, 1.165) is 11.3 Å². The highest BCUT2D eigenvalue weighted by Crippen LogP contribution is 2.32. The Morgan fingerprint density at radius 3 is 2.45 bits per heavy atom. The van der Waals surface area contributed by atoms with E-state index in [1.165, 1.54) is 0 Å². The van der Waals surface area contributed by atoms with E-state index in [4.69, 9.17) is 0 Å². The van der Waals surface area contributed by atoms with Gasteiger partial charge in [0.15, 0.2) is 5.75 Å². The summed E-state index contributed by atoms with van der Waals surface area (Å²) >= 11 is 0. The van der Waals surface area contributed by atoms with Crippen LogP contribution in [0.2, 0.25) is 0 Å². The van der Waals surface area contributed by atoms with Crippen molar-refractivity contribution in [2.24, 2.45) is 0 Å². The average Bonchev–Trinajstić information content (AvgIpc) is 3.36. The quantitative estimate of drug-likeness (QED) is 0.405. The van der Waals surface area contributed by atoms with Crippen LogP contribution in [0.3, 0.4) is 0 Å². The number of hydrogen-bond acceptors (Lipinski definition) is 4. The molecule has 0 spiro atoms. The van der Waals surface area contributed by atoms with Gasteiger partial charge in [-0.25, -0.2) is 4.68 Å². The minimum absolute atomic E-state index is 0.163. The summed E-state index contributed by atoms with van der Waals surface area (Å²) in [7, 11) is 0. The molecular formula is C22H20N4O3. The highest BCUT2D eigenvalue weighted by atomic mass is 16.3. The van der Waals surface area contributed by atoms with E-state index in [2.05, 4.69) is 15.4 Å². The van der Waals surface area contributed by atoms with Gasteiger partial charge in [-0.3, -0.25) is 4.79 Å². The van der Waals surface area contributed by atoms with Gasteiger partial charge in [0.25, 0.3) is 5.91 Å². The second-order valence-corrected chi connectivity index (χ2v) is 6.61. The van der Waals surface area contributed by atoms with E-state index in [1.54, 1.807) is 23.0 Å². The molecule has 146 valence electrons. The minimum Gasteiger partial charge on any atom is -0.505 e. The van der Waals surface area contributed by atoms with Crippen molar-refractivity contribution in [2.45, 2.75) is 12.8 Å². The van der Waals surface area contributed by atoms with E-state index < -0.39 is 5.91 Å². The summed E-state index contributed by atoms with van der Waals surface area (Å²) in [4.78, 5) is 15.3. The second kappa shape index (κ2) is 7.93. The van der Waals surface area contributed by atoms with Crippen LogP contribution in [0.15, 0.2) is 73.1 Å². The van der Waals surface area contributed by atoms with Crippen molar-refractivity contribution in [3.8, 4) is 17.3 Å². The molecule has 2 heterocycles. The van der Waals surface area contributed by atoms with E-state index in [0.29, 0.717) is 24.2 Å². The third kappa shape index (κ3) is 3.98. The number of aromatic hydroxyl groups is 2. The Morgan fingerprint density at radius 1 is 1.00 bits per heavy atom. The summed E-state index contributed by atoms with van der Waals surface area (Å²) in [6.07, 6.45) is 4.64. The fourth-order valence-electron chi connectivity index (χ4n) is 3.15. The molecule has 2 aromatic carbocycles. The van der Waals surface area contributed by atoms with Crippen LogP contribution in [0.4, 0.5) is 5.69 Å². The maximum absolute atomic E-state index is 12.6. The topological polar surface area (TPSA) is 103 Å². The Kier molecular flexibility index (Phi) is 5.03. The van der Waals surface area contributed by atoms with Crippen LogP contribution in [0, 0.1) is 0 Å². The van der Waals surface area contributed by atoms with Crippen molar-refractivity contribution in [1.29, 1.82) is 0 Å². The van der Waals surface area contributed by atoms with Gasteiger partial charge < -0.3 is 20.5 Å². The fourth-order valence-corrected chi connectivity index (χ4v) is 3.15. The van der Waals surface area contributed by atoms with Gasteiger partial charge in [0.1, 0.15) is 5.56 Å². The first-order valence-corrected chi connectivity index (χ1v) is 9.20. The lowest BCUT2D eigenvalue weighted by Gasteiger charge is -2.07. The average molecular weight is 388 g/mol. The van der Waals surface area contributed by atoms with Crippen molar-refractivity contribution in [3.05, 3.63) is 89.9 Å². The van der Waals surface area contributed by atoms with Crippen molar-refractivity contribution >= 4 is 11.6 Å². The lowest BCUT2D eigenvalue weighted by atomic mass is 10.1. The number of nitrogens with zero attached hydrogens (tertiary/aromatic N) is 2. The Labute approximate surface area is 167 Å². The first-order chi connectivity index (χ1) is 14.1. The van der Waals surface area contributed by atoms with Crippen LogP contribution >= 0.6 is 0 Å². The summed E-state index contributed by atoms with van der Waals surface area (Å²) in [6, 6.07) is 18.7. The maximum atomic E-state index is 12.6. The zero-order valence-electron chi connectivity index (χ0n) is 15.5. The van der Waals surface area contributed by atoms with Gasteiger partial charge >= 0.3 is 0 Å². The predicted octanol–water partition coefficient (Wildman–Crippen LogP) is 3.65. The largest absolute Gasteiger partial charge is 0.505 e. The number of benzene rings is 2. The molecule has 1 amide bonds. The van der Waals surface area contributed by atoms with Crippen LogP contribution in [0.1, 0.15) is 21.6 Å². The molecule has 29 heavy (non-hydrogen) atoms. The molecule has 0 fully saturated rings. The minimum atomic E-state index is -0.589. The molecule has 4 aromatic rings. The monoisotopic (exact) mass is 388 g/mol. The maximum Gasteiger partial charge on any atom is 0.264 e. The van der Waals surface area contributed by atoms with Gasteiger partial charge in [0.05, 0.1) is 11.4 Å². The molecule has 7 heteroatoms. The number of amides is 1. The van der Waals surface area contributed by atoms with Gasteiger partial charge in [-0.15, -0.1) is 0 Å². The second-order valence-electron chi connectivity index (χ2n) is 6.61. The Balaban J connectivity index is 1.46. The fraction of sp³-hybridized carbons (Fsp3) is 0.0909. The summed E-state index contributed by atoms with van der Waals surface area (Å²) < 4.78 is 1.70. The SMILES string of the molecule is O=C(Nc1ccc(-n2cccn2)cc1)c1c(O)[nH]c(CCc2ccccc2)c1O. The molecule has 0 unspecified atom stereocenters. The van der Waals surface area contributed by atoms with Crippen LogP contribution in [0.5, 0.6) is 11.6 Å². The highest BCUT2D eigenvalue weighted by Gasteiger charge is 2.23. The number of anilines is 1. The van der Waals surface area contributed by atoms with Crippen LogP contribution in [-0.4, -0.2) is 30.9 Å². The van der Waals surface area contributed by atoms with Gasteiger partial charge in [0, 0.05) is 18.1 Å². The normalized spacial score (nSPS) is 10.8. The molecule has 0 bridgehead atoms. The molecule has 4 rings (SSSR count). The summed E-state index contributed by atoms with van der Waals surface area (Å²) in [5.74, 6) is -1.17. The highest BCUT2D eigenvalue weighted by molar-refractivity contribution is 6.08. The summed E-state index contributed by atoms with van der Waals surface area (Å²) in [5, 5.41) is 27.4. The molecule has 0 aliphatic rings. The van der Waals surface area contributed by atoms with Gasteiger partial charge in [-0.05, 0) is 48.7 Å². The number of nitrogens with one attached hydrogen (secondary N) is 2. The third-order valence-corrected chi connectivity index (χ3v) is 4.66. The van der Waals surface area contributed by atoms with Gasteiger partial charge in [-0.2, -0.15) is 5.10 Å². The number of aromatic amines is 1. The van der Waals surface area contributed by atoms with Gasteiger partial charge in [-0.1, -0.05) is 30.3 Å². The van der Waals surface area contributed by atoms with E-state index in [-0.39, 0.29) is 17.2 Å². The molecule has 0 aliphatic heterocycles. The van der Waals surface area contributed by atoms with Crippen LogP contribution in [-0.2, 0) is 12.8 Å². The molecule has 0 radical (unpaired) electrons. The Hall–Kier alpha value is -4.00. The van der Waals surface area contributed by atoms with E-state index in [1.807, 2.05) is 54.7 Å². The van der Waals surface area contributed by atoms with Crippen molar-refractivity contribution < 1.29 is 15.0 Å². The zero-order chi connectivity index (χ0) is 20.2. The molecule has 0 atom stereocenters. The molecule has 7 nitrogen and oxygen atoms in total. The van der Waals surface area contributed by atoms with Crippen molar-refractivity contribution in [3.63, 3.8) is 0 Å². The lowest BCUT2D eigenvalue weighted by molar-refractivity contribution is 0.102. The van der Waals surface area contributed by atoms with Crippen molar-refractivity contribution in [1.82, 2.24) is 14.8 Å². The summed E-state index contributed by atoms with van der Waals surface area (Å²) in [5.41, 5.74) is 2.75. The standard InChI is InChI=1S/C22H20N4O3/c27-20-18(12-7-15-5-2-1-3-6-15)25-22(29)19(20)21(28)24-16-8-10-17(11-9-16)26-14-4-13-23-26/h1-6,8-11,13-14,25,27,29H,7,12H2,(H,24,28). The number of carbonyl (C=O) groups is 1. The molecule has 0 saturated carbocycles. The van der Waals surface area contributed by atoms with Crippen molar-refractivity contribution in [2.75, 3.05) is 5.32 Å². The third-order valence-electron chi connectivity index (χ3n) is 4.66. The van der Waals surface area contributed by atoms with Crippen LogP contribution in [0.25, 0.3) is 5.69 Å². The molecule has 2 aromatic heterocycles. The smallest absolute Gasteiger partial charge is 0.264 e. The molecule has 0 saturated heterocycles. The number of H-pyrrole nitrogens is 1. The predicted molar refractivity (Wildman–Crippen MR) is 109 cm³/mol. The van der Waals surface area contributed by atoms with E-state index >= 15 is 0 Å². The van der Waals surface area contributed by atoms with Crippen LogP contribution < -0.4 is 5.32 Å². The summed E-state index contributed by atoms with van der Waals surface area (Å²) in [6.45, 7) is 0. The number of rotatable bonds is 6. The molecular weight excluding hydrogens is 368 g/mol. The zero-order valence-corrected chi connectivity index (χ0v) is 15.5. The Morgan fingerprint density at radius 2 is 1.76 bits per heavy atom. The number of hydrogen-bond donors (Lipinski definition) is 4. The van der Waals surface area contributed by atoms with E-state index in [9.17, 15) is 15.0 Å². The lowest BCUT2D eigenvalue weighted by Crippen LogP contribution is -2.11. The first-order valence-electron chi connectivity index (χ1n) is 9.20. The Bertz CT molecular complexity index is 1100. The first kappa shape index (κ1) is 18.4. The molecule has 4 N–H and O–H groups in total. The number of aromatic nitrogens is 3.